The van der Waals surface area contributed by atoms with Crippen molar-refractivity contribution in [3.05, 3.63) is 39.8 Å². The van der Waals surface area contributed by atoms with Crippen LogP contribution in [0.15, 0.2) is 24.3 Å². The number of thiazole rings is 1. The summed E-state index contributed by atoms with van der Waals surface area (Å²) < 4.78 is 5.72. The van der Waals surface area contributed by atoms with Gasteiger partial charge in [-0.3, -0.25) is 0 Å². The van der Waals surface area contributed by atoms with Gasteiger partial charge in [-0.25, -0.2) is 4.98 Å². The van der Waals surface area contributed by atoms with Crippen LogP contribution in [0, 0.1) is 0 Å². The molecule has 1 aromatic carbocycles. The van der Waals surface area contributed by atoms with Gasteiger partial charge in [-0.1, -0.05) is 12.1 Å². The SMILES string of the molecule is Nc1ccccc1OCc1nc2c(s1)CCCC2. The fourth-order valence-electron chi connectivity index (χ4n) is 2.22. The van der Waals surface area contributed by atoms with Gasteiger partial charge in [-0.2, -0.15) is 0 Å². The number of ether oxygens (including phenoxy) is 1. The van der Waals surface area contributed by atoms with E-state index in [1.165, 1.54) is 29.8 Å². The minimum absolute atomic E-state index is 0.520. The molecule has 18 heavy (non-hydrogen) atoms. The van der Waals surface area contributed by atoms with Gasteiger partial charge in [0.1, 0.15) is 17.4 Å². The maximum atomic E-state index is 5.84. The molecule has 0 radical (unpaired) electrons. The highest BCUT2D eigenvalue weighted by Gasteiger charge is 2.15. The topological polar surface area (TPSA) is 48.1 Å². The molecule has 0 spiro atoms. The maximum absolute atomic E-state index is 5.84. The Bertz CT molecular complexity index is 527. The summed E-state index contributed by atoms with van der Waals surface area (Å²) in [6.45, 7) is 0.520. The maximum Gasteiger partial charge on any atom is 0.142 e. The molecule has 1 aromatic heterocycles. The van der Waals surface area contributed by atoms with Gasteiger partial charge in [0.05, 0.1) is 11.4 Å². The second-order valence-corrected chi connectivity index (χ2v) is 5.68. The van der Waals surface area contributed by atoms with E-state index in [-0.39, 0.29) is 0 Å². The van der Waals surface area contributed by atoms with Crippen molar-refractivity contribution in [3.8, 4) is 5.75 Å². The molecule has 1 aliphatic carbocycles. The molecule has 0 atom stereocenters. The molecule has 0 fully saturated rings. The quantitative estimate of drug-likeness (QED) is 0.862. The Morgan fingerprint density at radius 2 is 2.06 bits per heavy atom. The van der Waals surface area contributed by atoms with Crippen LogP contribution in [-0.4, -0.2) is 4.98 Å². The molecule has 4 heteroatoms. The number of nitrogens with zero attached hydrogens (tertiary/aromatic N) is 1. The predicted molar refractivity (Wildman–Crippen MR) is 73.9 cm³/mol. The van der Waals surface area contributed by atoms with Gasteiger partial charge in [0.25, 0.3) is 0 Å². The molecule has 3 rings (SSSR count). The number of fused-ring (bicyclic) bond motifs is 1. The zero-order valence-electron chi connectivity index (χ0n) is 10.2. The van der Waals surface area contributed by atoms with Crippen molar-refractivity contribution < 1.29 is 4.74 Å². The van der Waals surface area contributed by atoms with Crippen molar-refractivity contribution in [2.45, 2.75) is 32.3 Å². The van der Waals surface area contributed by atoms with Crippen LogP contribution < -0.4 is 10.5 Å². The Balaban J connectivity index is 1.70. The second-order valence-electron chi connectivity index (χ2n) is 4.51. The Morgan fingerprint density at radius 1 is 1.22 bits per heavy atom. The Hall–Kier alpha value is -1.55. The molecule has 0 saturated heterocycles. The second kappa shape index (κ2) is 4.98. The molecule has 1 aliphatic rings. The highest BCUT2D eigenvalue weighted by molar-refractivity contribution is 7.11. The summed E-state index contributed by atoms with van der Waals surface area (Å²) in [4.78, 5) is 6.09. The van der Waals surface area contributed by atoms with Crippen LogP contribution in [0.2, 0.25) is 0 Å². The first-order valence-corrected chi connectivity index (χ1v) is 7.09. The van der Waals surface area contributed by atoms with Crippen LogP contribution >= 0.6 is 11.3 Å². The summed E-state index contributed by atoms with van der Waals surface area (Å²) in [6.07, 6.45) is 4.86. The van der Waals surface area contributed by atoms with E-state index in [0.717, 1.165) is 17.2 Å². The third-order valence-electron chi connectivity index (χ3n) is 3.16. The fraction of sp³-hybridized carbons (Fsp3) is 0.357. The van der Waals surface area contributed by atoms with Crippen LogP contribution in [-0.2, 0) is 19.4 Å². The third kappa shape index (κ3) is 2.34. The number of rotatable bonds is 3. The number of para-hydroxylation sites is 2. The summed E-state index contributed by atoms with van der Waals surface area (Å²) in [5.41, 5.74) is 7.80. The van der Waals surface area contributed by atoms with Gasteiger partial charge in [0.2, 0.25) is 0 Å². The Labute approximate surface area is 111 Å². The van der Waals surface area contributed by atoms with E-state index in [4.69, 9.17) is 10.5 Å². The van der Waals surface area contributed by atoms with Gasteiger partial charge in [0.15, 0.2) is 0 Å². The van der Waals surface area contributed by atoms with Crippen molar-refractivity contribution in [2.24, 2.45) is 0 Å². The summed E-state index contributed by atoms with van der Waals surface area (Å²) in [5.74, 6) is 0.741. The molecule has 2 N–H and O–H groups in total. The molecule has 1 heterocycles. The lowest BCUT2D eigenvalue weighted by Crippen LogP contribution is -2.00. The zero-order valence-corrected chi connectivity index (χ0v) is 11.0. The minimum Gasteiger partial charge on any atom is -0.484 e. The molecule has 0 bridgehead atoms. The first-order valence-electron chi connectivity index (χ1n) is 6.27. The van der Waals surface area contributed by atoms with E-state index >= 15 is 0 Å². The van der Waals surface area contributed by atoms with Crippen molar-refractivity contribution in [1.29, 1.82) is 0 Å². The van der Waals surface area contributed by atoms with Gasteiger partial charge in [0, 0.05) is 4.88 Å². The highest BCUT2D eigenvalue weighted by Crippen LogP contribution is 2.28. The molecule has 0 saturated carbocycles. The van der Waals surface area contributed by atoms with Gasteiger partial charge in [-0.15, -0.1) is 11.3 Å². The number of anilines is 1. The van der Waals surface area contributed by atoms with Crippen molar-refractivity contribution >= 4 is 17.0 Å². The first-order chi connectivity index (χ1) is 8.83. The minimum atomic E-state index is 0.520. The molecule has 2 aromatic rings. The Morgan fingerprint density at radius 3 is 2.89 bits per heavy atom. The molecule has 0 aliphatic heterocycles. The fourth-order valence-corrected chi connectivity index (χ4v) is 3.29. The molecule has 94 valence electrons. The molecule has 0 amide bonds. The van der Waals surface area contributed by atoms with Gasteiger partial charge in [-0.05, 0) is 37.8 Å². The van der Waals surface area contributed by atoms with E-state index < -0.39 is 0 Å². The largest absolute Gasteiger partial charge is 0.484 e. The number of hydrogen-bond donors (Lipinski definition) is 1. The van der Waals surface area contributed by atoms with E-state index in [9.17, 15) is 0 Å². The van der Waals surface area contributed by atoms with Gasteiger partial charge < -0.3 is 10.5 Å². The normalized spacial score (nSPS) is 14.2. The van der Waals surface area contributed by atoms with Crippen LogP contribution in [0.4, 0.5) is 5.69 Å². The number of aromatic nitrogens is 1. The smallest absolute Gasteiger partial charge is 0.142 e. The first kappa shape index (κ1) is 11.5. The number of nitrogens with two attached hydrogens (primary N) is 1. The number of benzene rings is 1. The van der Waals surface area contributed by atoms with E-state index in [1.54, 1.807) is 11.3 Å². The average molecular weight is 260 g/mol. The van der Waals surface area contributed by atoms with E-state index in [2.05, 4.69) is 4.98 Å². The number of nitrogen functional groups attached to an aromatic ring is 1. The lowest BCUT2D eigenvalue weighted by Gasteiger charge is -2.06. The average Bonchev–Trinajstić information content (AvgIpc) is 2.80. The predicted octanol–water partition coefficient (Wildman–Crippen LogP) is 3.18. The van der Waals surface area contributed by atoms with Crippen LogP contribution in [0.25, 0.3) is 0 Å². The monoisotopic (exact) mass is 260 g/mol. The van der Waals surface area contributed by atoms with Crippen molar-refractivity contribution in [2.75, 3.05) is 5.73 Å². The lowest BCUT2D eigenvalue weighted by molar-refractivity contribution is 0.307. The highest BCUT2D eigenvalue weighted by atomic mass is 32.1. The number of aryl methyl sites for hydroxylation is 2. The van der Waals surface area contributed by atoms with E-state index in [0.29, 0.717) is 12.3 Å². The lowest BCUT2D eigenvalue weighted by atomic mass is 10.0. The molecular weight excluding hydrogens is 244 g/mol. The van der Waals surface area contributed by atoms with Crippen LogP contribution in [0.1, 0.15) is 28.4 Å². The van der Waals surface area contributed by atoms with Gasteiger partial charge >= 0.3 is 0 Å². The summed E-state index contributed by atoms with van der Waals surface area (Å²) in [6, 6.07) is 7.58. The zero-order chi connectivity index (χ0) is 12.4. The van der Waals surface area contributed by atoms with Crippen molar-refractivity contribution in [3.63, 3.8) is 0 Å². The third-order valence-corrected chi connectivity index (χ3v) is 4.29. The van der Waals surface area contributed by atoms with Crippen LogP contribution in [0.5, 0.6) is 5.75 Å². The standard InChI is InChI=1S/C14H16N2OS/c15-10-5-1-3-7-12(10)17-9-14-16-11-6-2-4-8-13(11)18-14/h1,3,5,7H,2,4,6,8-9,15H2. The summed E-state index contributed by atoms with van der Waals surface area (Å²) in [7, 11) is 0. The molecular formula is C14H16N2OS. The molecule has 3 nitrogen and oxygen atoms in total. The summed E-state index contributed by atoms with van der Waals surface area (Å²) >= 11 is 1.78. The van der Waals surface area contributed by atoms with Crippen molar-refractivity contribution in [1.82, 2.24) is 4.98 Å². The number of hydrogen-bond acceptors (Lipinski definition) is 4. The Kier molecular flexibility index (Phi) is 3.19. The molecule has 0 unspecified atom stereocenters. The van der Waals surface area contributed by atoms with E-state index in [1.807, 2.05) is 24.3 Å². The van der Waals surface area contributed by atoms with Crippen LogP contribution in [0.3, 0.4) is 0 Å². The summed E-state index contributed by atoms with van der Waals surface area (Å²) in [5, 5.41) is 1.06.